The van der Waals surface area contributed by atoms with E-state index in [0.29, 0.717) is 5.01 Å². The van der Waals surface area contributed by atoms with Crippen molar-refractivity contribution in [2.24, 2.45) is 0 Å². The third kappa shape index (κ3) is 5.09. The summed E-state index contributed by atoms with van der Waals surface area (Å²) in [5, 5.41) is 16.4. The topological polar surface area (TPSA) is 118 Å². The molecule has 1 heterocycles. The number of hydrogen-bond acceptors (Lipinski definition) is 6. The fourth-order valence-corrected chi connectivity index (χ4v) is 4.92. The van der Waals surface area contributed by atoms with Gasteiger partial charge in [-0.15, -0.1) is 11.3 Å². The first-order chi connectivity index (χ1) is 16.3. The van der Waals surface area contributed by atoms with Gasteiger partial charge in [0, 0.05) is 23.8 Å². The van der Waals surface area contributed by atoms with E-state index in [4.69, 9.17) is 9.84 Å². The molecular weight excluding hydrogens is 454 g/mol. The summed E-state index contributed by atoms with van der Waals surface area (Å²) in [5.74, 6) is -1.43. The van der Waals surface area contributed by atoms with Crippen molar-refractivity contribution in [1.29, 1.82) is 0 Å². The SMILES string of the molecule is CC(NC(=O)C[C@H](C)NC(=O)OCC1c2ccccc2-c2ccccc21)c1nc(C(=O)O)cs1. The van der Waals surface area contributed by atoms with E-state index in [9.17, 15) is 14.4 Å². The summed E-state index contributed by atoms with van der Waals surface area (Å²) in [7, 11) is 0. The summed E-state index contributed by atoms with van der Waals surface area (Å²) in [5.41, 5.74) is 4.52. The van der Waals surface area contributed by atoms with E-state index < -0.39 is 24.1 Å². The molecule has 3 aromatic rings. The highest BCUT2D eigenvalue weighted by molar-refractivity contribution is 7.09. The molecule has 0 saturated heterocycles. The molecule has 2 atom stereocenters. The minimum absolute atomic E-state index is 0.0356. The fourth-order valence-electron chi connectivity index (χ4n) is 4.12. The zero-order chi connectivity index (χ0) is 24.2. The summed E-state index contributed by atoms with van der Waals surface area (Å²) in [6.07, 6.45) is -0.535. The lowest BCUT2D eigenvalue weighted by atomic mass is 9.98. The van der Waals surface area contributed by atoms with E-state index in [1.165, 1.54) is 16.7 Å². The molecular formula is C25H25N3O5S. The van der Waals surface area contributed by atoms with Gasteiger partial charge in [-0.2, -0.15) is 0 Å². The zero-order valence-electron chi connectivity index (χ0n) is 18.8. The maximum Gasteiger partial charge on any atom is 0.407 e. The number of thiazole rings is 1. The molecule has 34 heavy (non-hydrogen) atoms. The van der Waals surface area contributed by atoms with Gasteiger partial charge in [0.1, 0.15) is 11.6 Å². The molecule has 1 unspecified atom stereocenters. The molecule has 0 bridgehead atoms. The van der Waals surface area contributed by atoms with Crippen LogP contribution < -0.4 is 10.6 Å². The number of carboxylic acids is 1. The number of nitrogens with one attached hydrogen (secondary N) is 2. The molecule has 9 heteroatoms. The molecule has 1 aliphatic carbocycles. The summed E-state index contributed by atoms with van der Waals surface area (Å²) in [6, 6.07) is 15.3. The first kappa shape index (κ1) is 23.4. The molecule has 0 aliphatic heterocycles. The average molecular weight is 480 g/mol. The molecule has 3 N–H and O–H groups in total. The Kier molecular flexibility index (Phi) is 6.93. The number of aromatic nitrogens is 1. The normalized spacial score (nSPS) is 13.9. The average Bonchev–Trinajstić information content (AvgIpc) is 3.41. The van der Waals surface area contributed by atoms with Crippen LogP contribution in [-0.4, -0.2) is 40.7 Å². The predicted octanol–water partition coefficient (Wildman–Crippen LogP) is 4.34. The van der Waals surface area contributed by atoms with E-state index >= 15 is 0 Å². The number of rotatable bonds is 8. The Morgan fingerprint density at radius 3 is 2.24 bits per heavy atom. The fraction of sp³-hybridized carbons (Fsp3) is 0.280. The monoisotopic (exact) mass is 479 g/mol. The first-order valence-electron chi connectivity index (χ1n) is 10.9. The van der Waals surface area contributed by atoms with Crippen LogP contribution in [0.1, 0.15) is 58.9 Å². The van der Waals surface area contributed by atoms with Crippen LogP contribution in [0.25, 0.3) is 11.1 Å². The van der Waals surface area contributed by atoms with Crippen molar-refractivity contribution in [3.05, 3.63) is 75.7 Å². The highest BCUT2D eigenvalue weighted by Gasteiger charge is 2.29. The van der Waals surface area contributed by atoms with Gasteiger partial charge in [-0.25, -0.2) is 14.6 Å². The maximum atomic E-state index is 12.4. The van der Waals surface area contributed by atoms with Gasteiger partial charge in [-0.3, -0.25) is 4.79 Å². The smallest absolute Gasteiger partial charge is 0.407 e. The molecule has 0 saturated carbocycles. The Balaban J connectivity index is 1.27. The Morgan fingerprint density at radius 1 is 1.03 bits per heavy atom. The van der Waals surface area contributed by atoms with E-state index in [2.05, 4.69) is 39.9 Å². The molecule has 0 spiro atoms. The summed E-state index contributed by atoms with van der Waals surface area (Å²) in [6.45, 7) is 3.65. The van der Waals surface area contributed by atoms with Crippen LogP contribution in [-0.2, 0) is 9.53 Å². The lowest BCUT2D eigenvalue weighted by Crippen LogP contribution is -2.38. The van der Waals surface area contributed by atoms with Crippen molar-refractivity contribution in [2.75, 3.05) is 6.61 Å². The lowest BCUT2D eigenvalue weighted by Gasteiger charge is -2.18. The number of carbonyl (C=O) groups excluding carboxylic acids is 2. The second-order valence-corrected chi connectivity index (χ2v) is 9.13. The van der Waals surface area contributed by atoms with Crippen molar-refractivity contribution >= 4 is 29.3 Å². The molecule has 2 amide bonds. The molecule has 1 aromatic heterocycles. The number of nitrogens with zero attached hydrogens (tertiary/aromatic N) is 1. The Hall–Kier alpha value is -3.72. The van der Waals surface area contributed by atoms with Gasteiger partial charge >= 0.3 is 12.1 Å². The van der Waals surface area contributed by atoms with Crippen molar-refractivity contribution in [2.45, 2.75) is 38.3 Å². The lowest BCUT2D eigenvalue weighted by molar-refractivity contribution is -0.122. The number of hydrogen-bond donors (Lipinski definition) is 3. The van der Waals surface area contributed by atoms with Gasteiger partial charge in [0.15, 0.2) is 5.69 Å². The van der Waals surface area contributed by atoms with Crippen molar-refractivity contribution in [1.82, 2.24) is 15.6 Å². The Morgan fingerprint density at radius 2 is 1.65 bits per heavy atom. The Labute approximate surface area is 201 Å². The Bertz CT molecular complexity index is 1180. The molecule has 176 valence electrons. The number of alkyl carbamates (subject to hydrolysis) is 1. The maximum absolute atomic E-state index is 12.4. The molecule has 0 radical (unpaired) electrons. The van der Waals surface area contributed by atoms with Crippen LogP contribution >= 0.6 is 11.3 Å². The number of carboxylic acid groups (broad SMARTS) is 1. The molecule has 4 rings (SSSR count). The number of carbonyl (C=O) groups is 3. The molecule has 8 nitrogen and oxygen atoms in total. The highest BCUT2D eigenvalue weighted by atomic mass is 32.1. The van der Waals surface area contributed by atoms with Gasteiger partial charge in [-0.05, 0) is 36.1 Å². The first-order valence-corrected chi connectivity index (χ1v) is 11.8. The van der Waals surface area contributed by atoms with Gasteiger partial charge in [0.05, 0.1) is 6.04 Å². The van der Waals surface area contributed by atoms with Crippen LogP contribution in [0.4, 0.5) is 4.79 Å². The molecule has 2 aromatic carbocycles. The van der Waals surface area contributed by atoms with Crippen LogP contribution in [0, 0.1) is 0 Å². The number of ether oxygens (including phenoxy) is 1. The van der Waals surface area contributed by atoms with Gasteiger partial charge < -0.3 is 20.5 Å². The van der Waals surface area contributed by atoms with E-state index in [1.807, 2.05) is 24.3 Å². The highest BCUT2D eigenvalue weighted by Crippen LogP contribution is 2.44. The predicted molar refractivity (Wildman–Crippen MR) is 128 cm³/mol. The minimum atomic E-state index is -1.11. The number of amides is 2. The van der Waals surface area contributed by atoms with Crippen molar-refractivity contribution in [3.63, 3.8) is 0 Å². The van der Waals surface area contributed by atoms with Crippen LogP contribution in [0.3, 0.4) is 0 Å². The molecule has 1 aliphatic rings. The standard InChI is InChI=1S/C25H25N3O5S/c1-14(11-22(29)27-15(2)23-28-21(13-34-23)24(30)31)26-25(32)33-12-20-18-9-5-3-7-16(18)17-8-4-6-10-19(17)20/h3-10,13-15,20H,11-12H2,1-2H3,(H,26,32)(H,27,29)(H,30,31)/t14-,15?/m0/s1. The van der Waals surface area contributed by atoms with Crippen molar-refractivity contribution in [3.8, 4) is 11.1 Å². The van der Waals surface area contributed by atoms with Gasteiger partial charge in [0.25, 0.3) is 0 Å². The molecule has 0 fully saturated rings. The largest absolute Gasteiger partial charge is 0.476 e. The second-order valence-electron chi connectivity index (χ2n) is 8.24. The quantitative estimate of drug-likeness (QED) is 0.443. The minimum Gasteiger partial charge on any atom is -0.476 e. The van der Waals surface area contributed by atoms with Crippen LogP contribution in [0.15, 0.2) is 53.9 Å². The van der Waals surface area contributed by atoms with E-state index in [-0.39, 0.29) is 30.5 Å². The van der Waals surface area contributed by atoms with Gasteiger partial charge in [0.2, 0.25) is 5.91 Å². The van der Waals surface area contributed by atoms with Crippen LogP contribution in [0.2, 0.25) is 0 Å². The summed E-state index contributed by atoms with van der Waals surface area (Å²) >= 11 is 1.17. The zero-order valence-corrected chi connectivity index (χ0v) is 19.6. The third-order valence-corrected chi connectivity index (χ3v) is 6.72. The third-order valence-electron chi connectivity index (χ3n) is 5.69. The number of fused-ring (bicyclic) bond motifs is 3. The van der Waals surface area contributed by atoms with Crippen LogP contribution in [0.5, 0.6) is 0 Å². The summed E-state index contributed by atoms with van der Waals surface area (Å²) in [4.78, 5) is 39.7. The van der Waals surface area contributed by atoms with Gasteiger partial charge in [-0.1, -0.05) is 48.5 Å². The van der Waals surface area contributed by atoms with E-state index in [1.54, 1.807) is 13.8 Å². The van der Waals surface area contributed by atoms with E-state index in [0.717, 1.165) is 22.3 Å². The summed E-state index contributed by atoms with van der Waals surface area (Å²) < 4.78 is 5.52. The number of benzene rings is 2. The number of aromatic carboxylic acids is 1. The van der Waals surface area contributed by atoms with Crippen molar-refractivity contribution < 1.29 is 24.2 Å². The second kappa shape index (κ2) is 10.0.